The SMILES string of the molecule is Cc1c(C(=O)O)nc(-c2ccc(OC(F)(F)F)cc2)n1CC1CCCCO1. The Kier molecular flexibility index (Phi) is 5.41. The van der Waals surface area contributed by atoms with Gasteiger partial charge in [-0.1, -0.05) is 0 Å². The fourth-order valence-electron chi connectivity index (χ4n) is 3.14. The van der Waals surface area contributed by atoms with Crippen LogP contribution in [-0.4, -0.2) is 39.7 Å². The maximum atomic E-state index is 12.3. The van der Waals surface area contributed by atoms with Gasteiger partial charge >= 0.3 is 12.3 Å². The Morgan fingerprint density at radius 3 is 2.59 bits per heavy atom. The Morgan fingerprint density at radius 2 is 2.04 bits per heavy atom. The Labute approximate surface area is 153 Å². The van der Waals surface area contributed by atoms with E-state index in [2.05, 4.69) is 9.72 Å². The van der Waals surface area contributed by atoms with Crippen molar-refractivity contribution in [2.75, 3.05) is 6.61 Å². The quantitative estimate of drug-likeness (QED) is 0.843. The van der Waals surface area contributed by atoms with E-state index in [0.717, 1.165) is 19.3 Å². The van der Waals surface area contributed by atoms with Crippen molar-refractivity contribution >= 4 is 5.97 Å². The van der Waals surface area contributed by atoms with Gasteiger partial charge in [0.15, 0.2) is 5.69 Å². The largest absolute Gasteiger partial charge is 0.573 e. The summed E-state index contributed by atoms with van der Waals surface area (Å²) in [5.41, 5.74) is 0.884. The number of rotatable bonds is 5. The minimum atomic E-state index is -4.77. The van der Waals surface area contributed by atoms with E-state index in [0.29, 0.717) is 30.2 Å². The summed E-state index contributed by atoms with van der Waals surface area (Å²) in [6, 6.07) is 5.20. The Morgan fingerprint density at radius 1 is 1.33 bits per heavy atom. The first-order valence-electron chi connectivity index (χ1n) is 8.53. The van der Waals surface area contributed by atoms with Crippen LogP contribution in [0, 0.1) is 6.92 Å². The van der Waals surface area contributed by atoms with Gasteiger partial charge in [-0.05, 0) is 50.5 Å². The third kappa shape index (κ3) is 4.60. The number of hydrogen-bond donors (Lipinski definition) is 1. The molecule has 1 N–H and O–H groups in total. The third-order valence-corrected chi connectivity index (χ3v) is 4.43. The summed E-state index contributed by atoms with van der Waals surface area (Å²) >= 11 is 0. The van der Waals surface area contributed by atoms with Crippen LogP contribution in [0.4, 0.5) is 13.2 Å². The minimum absolute atomic E-state index is 0.0557. The lowest BCUT2D eigenvalue weighted by atomic mass is 10.1. The van der Waals surface area contributed by atoms with Gasteiger partial charge in [-0.15, -0.1) is 13.2 Å². The van der Waals surface area contributed by atoms with Crippen molar-refractivity contribution in [1.82, 2.24) is 9.55 Å². The van der Waals surface area contributed by atoms with Gasteiger partial charge in [0.1, 0.15) is 11.6 Å². The van der Waals surface area contributed by atoms with Crippen LogP contribution in [0.3, 0.4) is 0 Å². The molecular formula is C18H19F3N2O4. The van der Waals surface area contributed by atoms with Crippen molar-refractivity contribution < 1.29 is 32.5 Å². The molecule has 1 saturated heterocycles. The summed E-state index contributed by atoms with van der Waals surface area (Å²) in [7, 11) is 0. The number of carboxylic acid groups (broad SMARTS) is 1. The molecule has 1 fully saturated rings. The van der Waals surface area contributed by atoms with Crippen LogP contribution in [0.25, 0.3) is 11.4 Å². The van der Waals surface area contributed by atoms with Gasteiger partial charge in [0.2, 0.25) is 0 Å². The molecule has 1 atom stereocenters. The van der Waals surface area contributed by atoms with Crippen molar-refractivity contribution in [3.63, 3.8) is 0 Å². The molecule has 1 aromatic heterocycles. The highest BCUT2D eigenvalue weighted by Gasteiger charge is 2.31. The number of benzene rings is 1. The predicted octanol–water partition coefficient (Wildman–Crippen LogP) is 4.02. The number of nitrogens with zero attached hydrogens (tertiary/aromatic N) is 2. The van der Waals surface area contributed by atoms with Gasteiger partial charge in [-0.25, -0.2) is 9.78 Å². The topological polar surface area (TPSA) is 73.6 Å². The zero-order chi connectivity index (χ0) is 19.6. The van der Waals surface area contributed by atoms with Crippen molar-refractivity contribution in [1.29, 1.82) is 0 Å². The van der Waals surface area contributed by atoms with Crippen LogP contribution in [0.5, 0.6) is 5.75 Å². The maximum Gasteiger partial charge on any atom is 0.573 e. The fraction of sp³-hybridized carbons (Fsp3) is 0.444. The zero-order valence-corrected chi connectivity index (χ0v) is 14.6. The van der Waals surface area contributed by atoms with E-state index in [1.165, 1.54) is 24.3 Å². The van der Waals surface area contributed by atoms with Crippen LogP contribution in [-0.2, 0) is 11.3 Å². The number of aromatic carboxylic acids is 1. The third-order valence-electron chi connectivity index (χ3n) is 4.43. The molecule has 27 heavy (non-hydrogen) atoms. The number of alkyl halides is 3. The van der Waals surface area contributed by atoms with Crippen LogP contribution < -0.4 is 4.74 Å². The molecular weight excluding hydrogens is 365 g/mol. The van der Waals surface area contributed by atoms with E-state index in [1.54, 1.807) is 11.5 Å². The molecule has 3 rings (SSSR count). The maximum absolute atomic E-state index is 12.3. The molecule has 1 aliphatic rings. The normalized spacial score (nSPS) is 17.7. The molecule has 1 unspecified atom stereocenters. The van der Waals surface area contributed by atoms with E-state index < -0.39 is 12.3 Å². The molecule has 1 aromatic carbocycles. The second kappa shape index (κ2) is 7.59. The van der Waals surface area contributed by atoms with Crippen molar-refractivity contribution in [2.24, 2.45) is 0 Å². The zero-order valence-electron chi connectivity index (χ0n) is 14.6. The summed E-state index contributed by atoms with van der Waals surface area (Å²) in [4.78, 5) is 15.7. The minimum Gasteiger partial charge on any atom is -0.476 e. The number of aromatic nitrogens is 2. The van der Waals surface area contributed by atoms with E-state index in [-0.39, 0.29) is 17.5 Å². The molecule has 0 aliphatic carbocycles. The molecule has 0 spiro atoms. The smallest absolute Gasteiger partial charge is 0.476 e. The average Bonchev–Trinajstić information content (AvgIpc) is 2.92. The van der Waals surface area contributed by atoms with E-state index in [9.17, 15) is 23.1 Å². The van der Waals surface area contributed by atoms with Gasteiger partial charge in [-0.3, -0.25) is 0 Å². The first kappa shape index (κ1) is 19.2. The molecule has 146 valence electrons. The van der Waals surface area contributed by atoms with Crippen molar-refractivity contribution in [3.8, 4) is 17.1 Å². The predicted molar refractivity (Wildman–Crippen MR) is 89.6 cm³/mol. The number of imidazole rings is 1. The molecule has 1 aliphatic heterocycles. The van der Waals surface area contributed by atoms with Gasteiger partial charge in [-0.2, -0.15) is 0 Å². The highest BCUT2D eigenvalue weighted by atomic mass is 19.4. The first-order valence-corrected chi connectivity index (χ1v) is 8.53. The van der Waals surface area contributed by atoms with E-state index in [1.807, 2.05) is 0 Å². The average molecular weight is 384 g/mol. The van der Waals surface area contributed by atoms with Crippen LogP contribution >= 0.6 is 0 Å². The number of carboxylic acids is 1. The van der Waals surface area contributed by atoms with Crippen molar-refractivity contribution in [3.05, 3.63) is 35.7 Å². The van der Waals surface area contributed by atoms with Gasteiger partial charge < -0.3 is 19.1 Å². The molecule has 2 heterocycles. The second-order valence-electron chi connectivity index (χ2n) is 6.35. The molecule has 9 heteroatoms. The van der Waals surface area contributed by atoms with Crippen LogP contribution in [0.2, 0.25) is 0 Å². The molecule has 0 saturated carbocycles. The summed E-state index contributed by atoms with van der Waals surface area (Å²) < 4.78 is 48.3. The van der Waals surface area contributed by atoms with E-state index >= 15 is 0 Å². The monoisotopic (exact) mass is 384 g/mol. The lowest BCUT2D eigenvalue weighted by Gasteiger charge is -2.24. The lowest BCUT2D eigenvalue weighted by molar-refractivity contribution is -0.274. The Hall–Kier alpha value is -2.55. The molecule has 6 nitrogen and oxygen atoms in total. The molecule has 0 bridgehead atoms. The van der Waals surface area contributed by atoms with Gasteiger partial charge in [0, 0.05) is 17.9 Å². The second-order valence-corrected chi connectivity index (χ2v) is 6.35. The first-order chi connectivity index (χ1) is 12.7. The van der Waals surface area contributed by atoms with Crippen LogP contribution in [0.1, 0.15) is 35.4 Å². The Balaban J connectivity index is 1.93. The molecule has 2 aromatic rings. The molecule has 0 radical (unpaired) electrons. The summed E-state index contributed by atoms with van der Waals surface area (Å²) in [6.07, 6.45) is -1.95. The summed E-state index contributed by atoms with van der Waals surface area (Å²) in [6.45, 7) is 2.75. The summed E-state index contributed by atoms with van der Waals surface area (Å²) in [5.74, 6) is -1.14. The summed E-state index contributed by atoms with van der Waals surface area (Å²) in [5, 5.41) is 9.38. The van der Waals surface area contributed by atoms with E-state index in [4.69, 9.17) is 4.74 Å². The van der Waals surface area contributed by atoms with Gasteiger partial charge in [0.25, 0.3) is 0 Å². The van der Waals surface area contributed by atoms with Crippen LogP contribution in [0.15, 0.2) is 24.3 Å². The fourth-order valence-corrected chi connectivity index (χ4v) is 3.14. The number of halogens is 3. The number of ether oxygens (including phenoxy) is 2. The number of carbonyl (C=O) groups is 1. The van der Waals surface area contributed by atoms with Crippen molar-refractivity contribution in [2.45, 2.75) is 45.2 Å². The highest BCUT2D eigenvalue weighted by Crippen LogP contribution is 2.28. The molecule has 0 amide bonds. The van der Waals surface area contributed by atoms with Gasteiger partial charge in [0.05, 0.1) is 12.6 Å². The Bertz CT molecular complexity index is 809. The highest BCUT2D eigenvalue weighted by molar-refractivity contribution is 5.87. The lowest BCUT2D eigenvalue weighted by Crippen LogP contribution is -2.25. The number of hydrogen-bond acceptors (Lipinski definition) is 4. The standard InChI is InChI=1S/C18H19F3N2O4/c1-11-15(17(24)25)22-16(23(11)10-14-4-2-3-9-26-14)12-5-7-13(8-6-12)27-18(19,20)21/h5-8,14H,2-4,9-10H2,1H3,(H,24,25).